The second-order valence-corrected chi connectivity index (χ2v) is 6.48. The third-order valence-corrected chi connectivity index (χ3v) is 5.06. The van der Waals surface area contributed by atoms with Gasteiger partial charge in [-0.25, -0.2) is 9.97 Å². The van der Waals surface area contributed by atoms with E-state index in [0.717, 1.165) is 42.5 Å². The van der Waals surface area contributed by atoms with Gasteiger partial charge in [0, 0.05) is 19.1 Å². The van der Waals surface area contributed by atoms with Gasteiger partial charge >= 0.3 is 0 Å². The first-order chi connectivity index (χ1) is 10.1. The van der Waals surface area contributed by atoms with Crippen LogP contribution in [-0.2, 0) is 13.6 Å². The van der Waals surface area contributed by atoms with E-state index in [9.17, 15) is 5.11 Å². The van der Waals surface area contributed by atoms with Gasteiger partial charge in [0.1, 0.15) is 11.0 Å². The summed E-state index contributed by atoms with van der Waals surface area (Å²) in [6.07, 6.45) is 5.58. The fourth-order valence-electron chi connectivity index (χ4n) is 3.77. The molecule has 7 heteroatoms. The van der Waals surface area contributed by atoms with E-state index in [1.165, 1.54) is 0 Å². The molecule has 0 spiro atoms. The summed E-state index contributed by atoms with van der Waals surface area (Å²) < 4.78 is 1.72. The first kappa shape index (κ1) is 13.4. The van der Waals surface area contributed by atoms with Gasteiger partial charge in [-0.15, -0.1) is 0 Å². The lowest BCUT2D eigenvalue weighted by atomic mass is 10.00. The van der Waals surface area contributed by atoms with E-state index in [2.05, 4.69) is 20.0 Å². The first-order valence-electron chi connectivity index (χ1n) is 7.39. The van der Waals surface area contributed by atoms with Crippen molar-refractivity contribution >= 4 is 22.6 Å². The number of aromatic nitrogens is 4. The van der Waals surface area contributed by atoms with Gasteiger partial charge in [-0.3, -0.25) is 9.58 Å². The van der Waals surface area contributed by atoms with Crippen LogP contribution < -0.4 is 0 Å². The quantitative estimate of drug-likeness (QED) is 0.852. The van der Waals surface area contributed by atoms with Gasteiger partial charge in [0.05, 0.1) is 24.2 Å². The van der Waals surface area contributed by atoms with Crippen molar-refractivity contribution in [3.8, 4) is 0 Å². The van der Waals surface area contributed by atoms with Gasteiger partial charge < -0.3 is 5.11 Å². The highest BCUT2D eigenvalue weighted by atomic mass is 35.5. The maximum absolute atomic E-state index is 9.88. The lowest BCUT2D eigenvalue weighted by Gasteiger charge is -2.36. The van der Waals surface area contributed by atoms with E-state index in [4.69, 9.17) is 11.6 Å². The Morgan fingerprint density at radius 2 is 2.00 bits per heavy atom. The predicted molar refractivity (Wildman–Crippen MR) is 78.9 cm³/mol. The number of fused-ring (bicyclic) bond motifs is 3. The molecule has 2 aliphatic heterocycles. The molecule has 2 atom stereocenters. The molecular weight excluding hydrogens is 290 g/mol. The molecule has 0 radical (unpaired) electrons. The molecule has 6 nitrogen and oxygen atoms in total. The highest BCUT2D eigenvalue weighted by molar-refractivity contribution is 6.33. The van der Waals surface area contributed by atoms with E-state index in [0.29, 0.717) is 23.8 Å². The number of rotatable bonds is 2. The Bertz CT molecular complexity index is 673. The molecule has 4 rings (SSSR count). The third kappa shape index (κ3) is 2.22. The Balaban J connectivity index is 1.64. The molecule has 21 heavy (non-hydrogen) atoms. The predicted octanol–water partition coefficient (Wildman–Crippen LogP) is 1.50. The van der Waals surface area contributed by atoms with Crippen molar-refractivity contribution in [3.63, 3.8) is 0 Å². The number of aryl methyl sites for hydroxylation is 1. The fraction of sp³-hybridized carbons (Fsp3) is 0.643. The van der Waals surface area contributed by atoms with E-state index in [-0.39, 0.29) is 6.10 Å². The Kier molecular flexibility index (Phi) is 3.13. The monoisotopic (exact) mass is 307 g/mol. The van der Waals surface area contributed by atoms with Crippen LogP contribution in [0.5, 0.6) is 0 Å². The minimum atomic E-state index is -0.150. The highest BCUT2D eigenvalue weighted by Gasteiger charge is 2.40. The van der Waals surface area contributed by atoms with Crippen LogP contribution in [0.2, 0.25) is 5.15 Å². The van der Waals surface area contributed by atoms with Crippen molar-refractivity contribution in [2.24, 2.45) is 7.05 Å². The second-order valence-electron chi connectivity index (χ2n) is 6.12. The van der Waals surface area contributed by atoms with E-state index in [1.807, 2.05) is 7.05 Å². The van der Waals surface area contributed by atoms with E-state index in [1.54, 1.807) is 10.9 Å². The number of aliphatic hydroxyl groups excluding tert-OH is 1. The van der Waals surface area contributed by atoms with Crippen LogP contribution >= 0.6 is 11.6 Å². The molecule has 2 aliphatic rings. The summed E-state index contributed by atoms with van der Waals surface area (Å²) in [5.41, 5.74) is 0.773. The van der Waals surface area contributed by atoms with Crippen molar-refractivity contribution < 1.29 is 5.11 Å². The van der Waals surface area contributed by atoms with Crippen LogP contribution in [0.25, 0.3) is 11.0 Å². The molecule has 0 aliphatic carbocycles. The summed E-state index contributed by atoms with van der Waals surface area (Å²) >= 11 is 6.24. The molecule has 0 aromatic carbocycles. The van der Waals surface area contributed by atoms with Crippen molar-refractivity contribution in [2.45, 2.75) is 50.4 Å². The number of hydrogen-bond acceptors (Lipinski definition) is 5. The minimum Gasteiger partial charge on any atom is -0.393 e. The average molecular weight is 308 g/mol. The van der Waals surface area contributed by atoms with Gasteiger partial charge in [0.2, 0.25) is 0 Å². The summed E-state index contributed by atoms with van der Waals surface area (Å²) in [7, 11) is 1.86. The summed E-state index contributed by atoms with van der Waals surface area (Å²) in [6, 6.07) is 0.895. The fourth-order valence-corrected chi connectivity index (χ4v) is 4.00. The van der Waals surface area contributed by atoms with Crippen LogP contribution in [0.15, 0.2) is 6.20 Å². The SMILES string of the molecule is Cn1ncc2c(Cl)nc(CN3C4CCC3CC(O)C4)nc21. The topological polar surface area (TPSA) is 67.1 Å². The number of nitrogens with zero attached hydrogens (tertiary/aromatic N) is 5. The Hall–Kier alpha value is -1.24. The minimum absolute atomic E-state index is 0.150. The van der Waals surface area contributed by atoms with Crippen molar-refractivity contribution in [1.29, 1.82) is 0 Å². The standard InChI is InChI=1S/C14H18ClN5O/c1-19-14-11(6-16-19)13(15)17-12(18-14)7-20-8-2-3-9(20)5-10(21)4-8/h6,8-10,21H,2-5,7H2,1H3. The van der Waals surface area contributed by atoms with Crippen molar-refractivity contribution in [3.05, 3.63) is 17.2 Å². The van der Waals surface area contributed by atoms with Gasteiger partial charge in [0.25, 0.3) is 0 Å². The normalized spacial score (nSPS) is 29.4. The summed E-state index contributed by atoms with van der Waals surface area (Å²) in [5.74, 6) is 0.740. The molecule has 2 saturated heterocycles. The number of halogens is 1. The maximum atomic E-state index is 9.88. The number of hydrogen-bond donors (Lipinski definition) is 1. The summed E-state index contributed by atoms with van der Waals surface area (Å²) in [5, 5.41) is 15.3. The van der Waals surface area contributed by atoms with Crippen LogP contribution in [0.1, 0.15) is 31.5 Å². The van der Waals surface area contributed by atoms with E-state index >= 15 is 0 Å². The Labute approximate surface area is 127 Å². The van der Waals surface area contributed by atoms with Crippen LogP contribution in [0, 0.1) is 0 Å². The molecule has 2 fully saturated rings. The molecule has 112 valence electrons. The molecule has 0 amide bonds. The zero-order valence-corrected chi connectivity index (χ0v) is 12.7. The lowest BCUT2D eigenvalue weighted by Crippen LogP contribution is -2.44. The number of aliphatic hydroxyl groups is 1. The van der Waals surface area contributed by atoms with Gasteiger partial charge in [-0.05, 0) is 25.7 Å². The van der Waals surface area contributed by atoms with Gasteiger partial charge in [-0.2, -0.15) is 5.10 Å². The van der Waals surface area contributed by atoms with Crippen LogP contribution in [0.4, 0.5) is 0 Å². The molecule has 0 saturated carbocycles. The van der Waals surface area contributed by atoms with Crippen LogP contribution in [-0.4, -0.2) is 47.9 Å². The lowest BCUT2D eigenvalue weighted by molar-refractivity contribution is 0.0297. The molecule has 2 aromatic rings. The summed E-state index contributed by atoms with van der Waals surface area (Å²) in [6.45, 7) is 0.697. The summed E-state index contributed by atoms with van der Waals surface area (Å²) in [4.78, 5) is 11.5. The van der Waals surface area contributed by atoms with Gasteiger partial charge in [-0.1, -0.05) is 11.6 Å². The molecule has 2 aromatic heterocycles. The molecule has 4 heterocycles. The zero-order chi connectivity index (χ0) is 14.6. The third-order valence-electron chi connectivity index (χ3n) is 4.78. The molecule has 2 bridgehead atoms. The molecular formula is C14H18ClN5O. The smallest absolute Gasteiger partial charge is 0.162 e. The average Bonchev–Trinajstić information content (AvgIpc) is 2.91. The Morgan fingerprint density at radius 1 is 1.29 bits per heavy atom. The Morgan fingerprint density at radius 3 is 2.71 bits per heavy atom. The van der Waals surface area contributed by atoms with E-state index < -0.39 is 0 Å². The highest BCUT2D eigenvalue weighted by Crippen LogP contribution is 2.36. The molecule has 1 N–H and O–H groups in total. The molecule has 2 unspecified atom stereocenters. The second kappa shape index (κ2) is 4.90. The van der Waals surface area contributed by atoms with Crippen molar-refractivity contribution in [1.82, 2.24) is 24.6 Å². The zero-order valence-electron chi connectivity index (χ0n) is 11.9. The largest absolute Gasteiger partial charge is 0.393 e. The first-order valence-corrected chi connectivity index (χ1v) is 7.77. The van der Waals surface area contributed by atoms with Gasteiger partial charge in [0.15, 0.2) is 5.65 Å². The van der Waals surface area contributed by atoms with Crippen molar-refractivity contribution in [2.75, 3.05) is 0 Å². The van der Waals surface area contributed by atoms with Crippen LogP contribution in [0.3, 0.4) is 0 Å². The number of piperidine rings is 1. The maximum Gasteiger partial charge on any atom is 0.162 e.